The average Bonchev–Trinajstić information content (AvgIpc) is 2.43. The van der Waals surface area contributed by atoms with Gasteiger partial charge in [0.15, 0.2) is 0 Å². The Morgan fingerprint density at radius 2 is 1.95 bits per heavy atom. The molecule has 0 heterocycles. The van der Waals surface area contributed by atoms with Crippen LogP contribution in [0, 0.1) is 0 Å². The minimum absolute atomic E-state index is 0.0936. The van der Waals surface area contributed by atoms with Crippen molar-refractivity contribution < 1.29 is 19.4 Å². The number of carbonyl (C=O) groups excluding carboxylic acids is 1. The molecule has 0 saturated heterocycles. The average molecular weight is 264 g/mol. The van der Waals surface area contributed by atoms with Crippen LogP contribution in [0.1, 0.15) is 60.2 Å². The van der Waals surface area contributed by atoms with E-state index in [2.05, 4.69) is 6.92 Å². The minimum Gasteiger partial charge on any atom is -0.478 e. The van der Waals surface area contributed by atoms with Crippen LogP contribution in [0.25, 0.3) is 0 Å². The summed E-state index contributed by atoms with van der Waals surface area (Å²) in [5, 5.41) is 8.88. The highest BCUT2D eigenvalue weighted by atomic mass is 16.5. The topological polar surface area (TPSA) is 63.6 Å². The molecule has 0 aliphatic heterocycles. The Hall–Kier alpha value is -1.84. The zero-order chi connectivity index (χ0) is 14.3. The molecule has 0 radical (unpaired) electrons. The standard InChI is InChI=1S/C15H20O4/c1-3-5-9-13(4-2)19-15(18)12-8-6-7-11(10-12)14(16)17/h6-8,10,13H,3-5,9H2,1-2H3,(H,16,17)/t13-/m1/s1. The van der Waals surface area contributed by atoms with Gasteiger partial charge in [-0.3, -0.25) is 0 Å². The Kier molecular flexibility index (Phi) is 6.06. The molecule has 0 spiro atoms. The highest BCUT2D eigenvalue weighted by molar-refractivity contribution is 5.94. The monoisotopic (exact) mass is 264 g/mol. The van der Waals surface area contributed by atoms with Gasteiger partial charge >= 0.3 is 11.9 Å². The first-order chi connectivity index (χ1) is 9.08. The molecule has 1 rings (SSSR count). The van der Waals surface area contributed by atoms with Crippen molar-refractivity contribution in [2.45, 2.75) is 45.6 Å². The van der Waals surface area contributed by atoms with Crippen molar-refractivity contribution >= 4 is 11.9 Å². The second-order valence-electron chi connectivity index (χ2n) is 4.46. The predicted octanol–water partition coefficient (Wildman–Crippen LogP) is 3.51. The van der Waals surface area contributed by atoms with Crippen molar-refractivity contribution in [3.8, 4) is 0 Å². The Morgan fingerprint density at radius 3 is 2.53 bits per heavy atom. The van der Waals surface area contributed by atoms with Crippen LogP contribution < -0.4 is 0 Å². The van der Waals surface area contributed by atoms with Crippen LogP contribution in [0.5, 0.6) is 0 Å². The third-order valence-corrected chi connectivity index (χ3v) is 2.95. The molecular weight excluding hydrogens is 244 g/mol. The molecule has 0 aliphatic carbocycles. The first kappa shape index (κ1) is 15.2. The highest BCUT2D eigenvalue weighted by Crippen LogP contribution is 2.13. The number of benzene rings is 1. The van der Waals surface area contributed by atoms with Gasteiger partial charge in [-0.1, -0.05) is 32.8 Å². The summed E-state index contributed by atoms with van der Waals surface area (Å²) in [6.07, 6.45) is 3.59. The van der Waals surface area contributed by atoms with E-state index in [1.54, 1.807) is 12.1 Å². The van der Waals surface area contributed by atoms with Gasteiger partial charge < -0.3 is 9.84 Å². The van der Waals surface area contributed by atoms with Crippen molar-refractivity contribution in [3.05, 3.63) is 35.4 Å². The quantitative estimate of drug-likeness (QED) is 0.765. The van der Waals surface area contributed by atoms with Gasteiger partial charge in [-0.05, 0) is 31.0 Å². The molecule has 4 heteroatoms. The molecule has 0 bridgehead atoms. The number of aromatic carboxylic acids is 1. The van der Waals surface area contributed by atoms with E-state index in [0.717, 1.165) is 25.7 Å². The van der Waals surface area contributed by atoms with E-state index in [0.29, 0.717) is 0 Å². The maximum atomic E-state index is 11.9. The second-order valence-corrected chi connectivity index (χ2v) is 4.46. The fraction of sp³-hybridized carbons (Fsp3) is 0.467. The highest BCUT2D eigenvalue weighted by Gasteiger charge is 2.15. The largest absolute Gasteiger partial charge is 0.478 e. The third kappa shape index (κ3) is 4.73. The van der Waals surface area contributed by atoms with Crippen LogP contribution >= 0.6 is 0 Å². The lowest BCUT2D eigenvalue weighted by atomic mass is 10.1. The summed E-state index contributed by atoms with van der Waals surface area (Å²) in [5.74, 6) is -1.50. The molecule has 0 unspecified atom stereocenters. The van der Waals surface area contributed by atoms with E-state index in [-0.39, 0.29) is 17.2 Å². The van der Waals surface area contributed by atoms with E-state index in [4.69, 9.17) is 9.84 Å². The van der Waals surface area contributed by atoms with E-state index in [1.165, 1.54) is 12.1 Å². The summed E-state index contributed by atoms with van der Waals surface area (Å²) in [7, 11) is 0. The molecule has 1 aromatic rings. The van der Waals surface area contributed by atoms with Gasteiger partial charge in [-0.2, -0.15) is 0 Å². The van der Waals surface area contributed by atoms with Crippen LogP contribution in [-0.2, 0) is 4.74 Å². The van der Waals surface area contributed by atoms with Gasteiger partial charge in [0.1, 0.15) is 6.10 Å². The smallest absolute Gasteiger partial charge is 0.338 e. The van der Waals surface area contributed by atoms with Crippen molar-refractivity contribution in [1.82, 2.24) is 0 Å². The molecule has 0 saturated carbocycles. The van der Waals surface area contributed by atoms with E-state index < -0.39 is 11.9 Å². The number of hydrogen-bond donors (Lipinski definition) is 1. The second kappa shape index (κ2) is 7.56. The number of carboxylic acids is 1. The van der Waals surface area contributed by atoms with E-state index in [1.807, 2.05) is 6.92 Å². The Balaban J connectivity index is 2.71. The van der Waals surface area contributed by atoms with Gasteiger partial charge in [0.25, 0.3) is 0 Å². The fourth-order valence-electron chi connectivity index (χ4n) is 1.78. The Morgan fingerprint density at radius 1 is 1.26 bits per heavy atom. The van der Waals surface area contributed by atoms with Gasteiger partial charge in [-0.15, -0.1) is 0 Å². The third-order valence-electron chi connectivity index (χ3n) is 2.95. The molecule has 0 aliphatic rings. The van der Waals surface area contributed by atoms with Crippen molar-refractivity contribution in [2.75, 3.05) is 0 Å². The molecular formula is C15H20O4. The van der Waals surface area contributed by atoms with Gasteiger partial charge in [0.05, 0.1) is 11.1 Å². The van der Waals surface area contributed by atoms with Crippen molar-refractivity contribution in [3.63, 3.8) is 0 Å². The zero-order valence-electron chi connectivity index (χ0n) is 11.4. The van der Waals surface area contributed by atoms with Crippen molar-refractivity contribution in [2.24, 2.45) is 0 Å². The minimum atomic E-state index is -1.05. The number of carbonyl (C=O) groups is 2. The van der Waals surface area contributed by atoms with Crippen LogP contribution in [0.3, 0.4) is 0 Å². The van der Waals surface area contributed by atoms with Crippen LogP contribution in [0.4, 0.5) is 0 Å². The molecule has 1 aromatic carbocycles. The molecule has 4 nitrogen and oxygen atoms in total. The van der Waals surface area contributed by atoms with Crippen LogP contribution in [0.15, 0.2) is 24.3 Å². The van der Waals surface area contributed by atoms with Crippen LogP contribution in [0.2, 0.25) is 0 Å². The predicted molar refractivity (Wildman–Crippen MR) is 72.4 cm³/mol. The summed E-state index contributed by atoms with van der Waals surface area (Å²) in [6.45, 7) is 4.06. The lowest BCUT2D eigenvalue weighted by molar-refractivity contribution is 0.0268. The summed E-state index contributed by atoms with van der Waals surface area (Å²) in [4.78, 5) is 22.8. The maximum absolute atomic E-state index is 11.9. The molecule has 19 heavy (non-hydrogen) atoms. The van der Waals surface area contributed by atoms with E-state index in [9.17, 15) is 9.59 Å². The van der Waals surface area contributed by atoms with Gasteiger partial charge in [-0.25, -0.2) is 9.59 Å². The van der Waals surface area contributed by atoms with E-state index >= 15 is 0 Å². The first-order valence-corrected chi connectivity index (χ1v) is 6.62. The first-order valence-electron chi connectivity index (χ1n) is 6.62. The molecule has 104 valence electrons. The zero-order valence-corrected chi connectivity index (χ0v) is 11.4. The molecule has 1 atom stereocenters. The maximum Gasteiger partial charge on any atom is 0.338 e. The number of esters is 1. The van der Waals surface area contributed by atoms with Gasteiger partial charge in [0.2, 0.25) is 0 Å². The molecule has 1 N–H and O–H groups in total. The Bertz CT molecular complexity index is 440. The SMILES string of the molecule is CCCC[C@@H](CC)OC(=O)c1cccc(C(=O)O)c1. The molecule has 0 fully saturated rings. The normalized spacial score (nSPS) is 11.9. The molecule has 0 amide bonds. The summed E-state index contributed by atoms with van der Waals surface area (Å²) < 4.78 is 5.39. The van der Waals surface area contributed by atoms with Crippen LogP contribution in [-0.4, -0.2) is 23.1 Å². The number of carboxylic acid groups (broad SMARTS) is 1. The summed E-state index contributed by atoms with van der Waals surface area (Å²) in [6, 6.07) is 5.92. The fourth-order valence-corrected chi connectivity index (χ4v) is 1.78. The summed E-state index contributed by atoms with van der Waals surface area (Å²) >= 11 is 0. The lowest BCUT2D eigenvalue weighted by Crippen LogP contribution is -2.17. The van der Waals surface area contributed by atoms with Gasteiger partial charge in [0, 0.05) is 0 Å². The lowest BCUT2D eigenvalue weighted by Gasteiger charge is -2.15. The summed E-state index contributed by atoms with van der Waals surface area (Å²) in [5.41, 5.74) is 0.380. The number of unbranched alkanes of at least 4 members (excludes halogenated alkanes) is 1. The number of rotatable bonds is 7. The Labute approximate surface area is 113 Å². The number of ether oxygens (including phenoxy) is 1. The molecule has 0 aromatic heterocycles. The number of hydrogen-bond acceptors (Lipinski definition) is 3. The van der Waals surface area contributed by atoms with Crippen molar-refractivity contribution in [1.29, 1.82) is 0 Å².